The van der Waals surface area contributed by atoms with Crippen molar-refractivity contribution in [3.63, 3.8) is 0 Å². The maximum Gasteiger partial charge on any atom is 0.175 e. The van der Waals surface area contributed by atoms with E-state index in [-0.39, 0.29) is 17.3 Å². The standard InChI is InChI=1S/C28H30FN3O4/c1-17-12-19-20(31-17)4-5-23(27(19)29)36-22-6-9-30-21-14-25(24(34-2)13-18(21)22)35-11-3-10-32-15-26(33)28(16-32)7-8-28/h4-6,9,12-14,26,31,33H,3,7-8,10-11,15-16H2,1-2H3. The van der Waals surface area contributed by atoms with E-state index in [9.17, 15) is 5.11 Å². The van der Waals surface area contributed by atoms with Crippen molar-refractivity contribution in [2.75, 3.05) is 33.4 Å². The van der Waals surface area contributed by atoms with Crippen LogP contribution in [0.5, 0.6) is 23.0 Å². The molecule has 36 heavy (non-hydrogen) atoms. The lowest BCUT2D eigenvalue weighted by atomic mass is 10.0. The van der Waals surface area contributed by atoms with E-state index in [2.05, 4.69) is 14.9 Å². The second-order valence-corrected chi connectivity index (χ2v) is 10.0. The molecule has 2 N–H and O–H groups in total. The van der Waals surface area contributed by atoms with E-state index in [1.165, 1.54) is 0 Å². The van der Waals surface area contributed by atoms with E-state index in [0.717, 1.165) is 50.1 Å². The lowest BCUT2D eigenvalue weighted by molar-refractivity contribution is 0.131. The Morgan fingerprint density at radius 3 is 2.75 bits per heavy atom. The largest absolute Gasteiger partial charge is 0.493 e. The predicted octanol–water partition coefficient (Wildman–Crippen LogP) is 5.19. The molecule has 8 heteroatoms. The second kappa shape index (κ2) is 8.94. The van der Waals surface area contributed by atoms with Gasteiger partial charge in [0.15, 0.2) is 23.1 Å². The SMILES string of the molecule is COc1cc2c(Oc3ccc4[nH]c(C)cc4c3F)ccnc2cc1OCCCN1CC(O)C2(CC2)C1. The van der Waals surface area contributed by atoms with Crippen LogP contribution in [0.1, 0.15) is 25.0 Å². The van der Waals surface area contributed by atoms with Gasteiger partial charge in [-0.2, -0.15) is 0 Å². The number of rotatable bonds is 8. The molecule has 1 spiro atoms. The minimum atomic E-state index is -0.410. The Hall–Kier alpha value is -3.36. The minimum absolute atomic E-state index is 0.147. The number of β-amino-alcohol motifs (C(OH)–C–C–N with tert-alkyl or cyclic N) is 1. The van der Waals surface area contributed by atoms with Gasteiger partial charge in [0.1, 0.15) is 5.75 Å². The normalized spacial score (nSPS) is 18.8. The van der Waals surface area contributed by atoms with Crippen LogP contribution in [0.3, 0.4) is 0 Å². The van der Waals surface area contributed by atoms with Crippen LogP contribution in [-0.2, 0) is 0 Å². The van der Waals surface area contributed by atoms with E-state index in [1.807, 2.05) is 25.1 Å². The number of pyridine rings is 1. The van der Waals surface area contributed by atoms with Gasteiger partial charge in [0.05, 0.1) is 25.3 Å². The average molecular weight is 492 g/mol. The molecular weight excluding hydrogens is 461 g/mol. The lowest BCUT2D eigenvalue weighted by Gasteiger charge is -2.17. The molecule has 6 rings (SSSR count). The molecule has 3 heterocycles. The third-order valence-electron chi connectivity index (χ3n) is 7.49. The first-order valence-corrected chi connectivity index (χ1v) is 12.4. The van der Waals surface area contributed by atoms with Crippen molar-refractivity contribution in [1.82, 2.24) is 14.9 Å². The number of aliphatic hydroxyl groups excluding tert-OH is 1. The Morgan fingerprint density at radius 1 is 1.11 bits per heavy atom. The molecule has 1 unspecified atom stereocenters. The van der Waals surface area contributed by atoms with Crippen molar-refractivity contribution in [3.05, 3.63) is 54.1 Å². The number of likely N-dealkylation sites (tertiary alicyclic amines) is 1. The summed E-state index contributed by atoms with van der Waals surface area (Å²) >= 11 is 0. The number of methoxy groups -OCH3 is 1. The summed E-state index contributed by atoms with van der Waals surface area (Å²) < 4.78 is 32.8. The Bertz CT molecular complexity index is 1430. The summed E-state index contributed by atoms with van der Waals surface area (Å²) in [5, 5.41) is 11.4. The highest BCUT2D eigenvalue weighted by Gasteiger charge is 2.54. The van der Waals surface area contributed by atoms with Crippen LogP contribution in [0, 0.1) is 18.2 Å². The predicted molar refractivity (Wildman–Crippen MR) is 136 cm³/mol. The fraction of sp³-hybridized carbons (Fsp3) is 0.393. The molecule has 0 amide bonds. The summed E-state index contributed by atoms with van der Waals surface area (Å²) in [4.78, 5) is 9.93. The number of aromatic amines is 1. The van der Waals surface area contributed by atoms with Gasteiger partial charge in [0.2, 0.25) is 0 Å². The van der Waals surface area contributed by atoms with Crippen molar-refractivity contribution in [2.45, 2.75) is 32.3 Å². The molecule has 2 aromatic heterocycles. The maximum absolute atomic E-state index is 15.1. The van der Waals surface area contributed by atoms with Crippen molar-refractivity contribution in [3.8, 4) is 23.0 Å². The lowest BCUT2D eigenvalue weighted by Crippen LogP contribution is -2.24. The molecule has 7 nitrogen and oxygen atoms in total. The summed E-state index contributed by atoms with van der Waals surface area (Å²) in [6.45, 7) is 5.05. The average Bonchev–Trinajstić information content (AvgIpc) is 3.45. The van der Waals surface area contributed by atoms with Crippen LogP contribution < -0.4 is 14.2 Å². The Morgan fingerprint density at radius 2 is 1.97 bits per heavy atom. The number of aromatic nitrogens is 2. The smallest absolute Gasteiger partial charge is 0.175 e. The number of aryl methyl sites for hydroxylation is 1. The first kappa shape index (κ1) is 23.1. The number of ether oxygens (including phenoxy) is 3. The number of hydrogen-bond donors (Lipinski definition) is 2. The number of aliphatic hydroxyl groups is 1. The van der Waals surface area contributed by atoms with Crippen LogP contribution >= 0.6 is 0 Å². The molecule has 0 bridgehead atoms. The zero-order valence-corrected chi connectivity index (χ0v) is 20.5. The van der Waals surface area contributed by atoms with Crippen LogP contribution in [0.2, 0.25) is 0 Å². The molecule has 1 atom stereocenters. The zero-order valence-electron chi connectivity index (χ0n) is 20.5. The van der Waals surface area contributed by atoms with E-state index in [1.54, 1.807) is 31.5 Å². The first-order chi connectivity index (χ1) is 17.5. The molecule has 2 aliphatic rings. The summed E-state index contributed by atoms with van der Waals surface area (Å²) in [6.07, 6.45) is 4.57. The van der Waals surface area contributed by atoms with Crippen LogP contribution in [0.25, 0.3) is 21.8 Å². The zero-order chi connectivity index (χ0) is 24.9. The van der Waals surface area contributed by atoms with Gasteiger partial charge in [0, 0.05) is 59.3 Å². The molecule has 188 valence electrons. The molecule has 1 saturated heterocycles. The number of fused-ring (bicyclic) bond motifs is 2. The molecule has 4 aromatic rings. The van der Waals surface area contributed by atoms with Crippen LogP contribution in [0.15, 0.2) is 42.6 Å². The number of halogens is 1. The molecular formula is C28H30FN3O4. The van der Waals surface area contributed by atoms with Gasteiger partial charge >= 0.3 is 0 Å². The molecule has 2 fully saturated rings. The summed E-state index contributed by atoms with van der Waals surface area (Å²) in [5.74, 6) is 1.38. The summed E-state index contributed by atoms with van der Waals surface area (Å²) in [5.41, 5.74) is 2.45. The number of nitrogens with zero attached hydrogens (tertiary/aromatic N) is 2. The van der Waals surface area contributed by atoms with Gasteiger partial charge in [-0.25, -0.2) is 4.39 Å². The molecule has 2 aromatic carbocycles. The Balaban J connectivity index is 1.18. The molecule has 1 aliphatic heterocycles. The monoisotopic (exact) mass is 491 g/mol. The molecule has 0 radical (unpaired) electrons. The Labute approximate surface area is 208 Å². The summed E-state index contributed by atoms with van der Waals surface area (Å²) in [7, 11) is 1.59. The quantitative estimate of drug-likeness (QED) is 0.330. The van der Waals surface area contributed by atoms with E-state index >= 15 is 4.39 Å². The summed E-state index contributed by atoms with van der Waals surface area (Å²) in [6, 6.07) is 10.6. The number of nitrogens with one attached hydrogen (secondary N) is 1. The minimum Gasteiger partial charge on any atom is -0.493 e. The second-order valence-electron chi connectivity index (χ2n) is 10.0. The van der Waals surface area contributed by atoms with Gasteiger partial charge in [-0.3, -0.25) is 9.88 Å². The highest BCUT2D eigenvalue weighted by atomic mass is 19.1. The highest BCUT2D eigenvalue weighted by Crippen LogP contribution is 2.52. The van der Waals surface area contributed by atoms with Gasteiger partial charge in [-0.15, -0.1) is 0 Å². The van der Waals surface area contributed by atoms with E-state index in [4.69, 9.17) is 14.2 Å². The van der Waals surface area contributed by atoms with Gasteiger partial charge < -0.3 is 24.3 Å². The maximum atomic E-state index is 15.1. The first-order valence-electron chi connectivity index (χ1n) is 12.4. The topological polar surface area (TPSA) is 79.8 Å². The number of benzene rings is 2. The highest BCUT2D eigenvalue weighted by molar-refractivity contribution is 5.89. The van der Waals surface area contributed by atoms with Crippen molar-refractivity contribution >= 4 is 21.8 Å². The van der Waals surface area contributed by atoms with Crippen LogP contribution in [0.4, 0.5) is 4.39 Å². The van der Waals surface area contributed by atoms with Gasteiger partial charge in [-0.05, 0) is 56.5 Å². The van der Waals surface area contributed by atoms with Gasteiger partial charge in [-0.1, -0.05) is 0 Å². The number of hydrogen-bond acceptors (Lipinski definition) is 6. The van der Waals surface area contributed by atoms with Crippen molar-refractivity contribution in [2.24, 2.45) is 5.41 Å². The molecule has 1 aliphatic carbocycles. The van der Waals surface area contributed by atoms with Crippen molar-refractivity contribution < 1.29 is 23.7 Å². The van der Waals surface area contributed by atoms with Gasteiger partial charge in [0.25, 0.3) is 0 Å². The van der Waals surface area contributed by atoms with E-state index in [0.29, 0.717) is 40.1 Å². The number of H-pyrrole nitrogens is 1. The van der Waals surface area contributed by atoms with E-state index < -0.39 is 5.82 Å². The molecule has 1 saturated carbocycles. The third-order valence-corrected chi connectivity index (χ3v) is 7.49. The fourth-order valence-corrected chi connectivity index (χ4v) is 5.32. The van der Waals surface area contributed by atoms with Crippen molar-refractivity contribution in [1.29, 1.82) is 0 Å². The third kappa shape index (κ3) is 4.14. The van der Waals surface area contributed by atoms with Crippen LogP contribution in [-0.4, -0.2) is 59.4 Å². The fourth-order valence-electron chi connectivity index (χ4n) is 5.32. The Kier molecular flexibility index (Phi) is 5.73.